The summed E-state index contributed by atoms with van der Waals surface area (Å²) >= 11 is 1.37. The van der Waals surface area contributed by atoms with Crippen LogP contribution < -0.4 is 15.6 Å². The maximum atomic E-state index is 11.9. The molecule has 3 aromatic rings. The van der Waals surface area contributed by atoms with Gasteiger partial charge in [-0.25, -0.2) is 10.2 Å². The van der Waals surface area contributed by atoms with E-state index in [2.05, 4.69) is 10.9 Å². The number of hydrazine groups is 1. The van der Waals surface area contributed by atoms with Crippen molar-refractivity contribution < 1.29 is 9.53 Å². The fourth-order valence-corrected chi connectivity index (χ4v) is 2.60. The summed E-state index contributed by atoms with van der Waals surface area (Å²) in [4.78, 5) is 12.5. The summed E-state index contributed by atoms with van der Waals surface area (Å²) in [5.41, 5.74) is 8.36. The van der Waals surface area contributed by atoms with Crippen molar-refractivity contribution in [3.8, 4) is 5.75 Å². The number of nitrogens with one attached hydrogen (secondary N) is 2. The summed E-state index contributed by atoms with van der Waals surface area (Å²) in [6.07, 6.45) is 0. The van der Waals surface area contributed by atoms with E-state index in [1.54, 1.807) is 18.2 Å². The second-order valence-corrected chi connectivity index (χ2v) is 5.80. The maximum absolute atomic E-state index is 11.9. The summed E-state index contributed by atoms with van der Waals surface area (Å²) in [5, 5.41) is 1.85. The van der Waals surface area contributed by atoms with Crippen molar-refractivity contribution in [2.45, 2.75) is 6.54 Å². The van der Waals surface area contributed by atoms with Crippen LogP contribution in [0.1, 0.15) is 15.2 Å². The zero-order valence-corrected chi connectivity index (χ0v) is 13.2. The van der Waals surface area contributed by atoms with Gasteiger partial charge in [0, 0.05) is 12.2 Å². The number of hydrogen-bond donors (Lipinski definition) is 2. The molecule has 0 spiro atoms. The Kier molecular flexibility index (Phi) is 5.03. The highest BCUT2D eigenvalue weighted by Crippen LogP contribution is 2.16. The van der Waals surface area contributed by atoms with E-state index in [0.717, 1.165) is 11.3 Å². The molecule has 23 heavy (non-hydrogen) atoms. The van der Waals surface area contributed by atoms with Gasteiger partial charge in [0.15, 0.2) is 0 Å². The number of para-hydroxylation sites is 1. The van der Waals surface area contributed by atoms with Gasteiger partial charge in [-0.05, 0) is 41.3 Å². The number of hydrogen-bond acceptors (Lipinski definition) is 5. The first-order valence-electron chi connectivity index (χ1n) is 7.20. The molecule has 0 aliphatic rings. The van der Waals surface area contributed by atoms with Gasteiger partial charge in [0.2, 0.25) is 0 Å². The second kappa shape index (κ2) is 7.58. The Bertz CT molecular complexity index is 740. The first kappa shape index (κ1) is 15.3. The van der Waals surface area contributed by atoms with Crippen molar-refractivity contribution in [1.29, 1.82) is 0 Å². The van der Waals surface area contributed by atoms with E-state index in [4.69, 9.17) is 4.74 Å². The third-order valence-corrected chi connectivity index (χ3v) is 4.01. The molecule has 0 atom stereocenters. The average molecular weight is 324 g/mol. The molecular weight excluding hydrogens is 308 g/mol. The fraction of sp³-hybridized carbons (Fsp3) is 0.0556. The van der Waals surface area contributed by atoms with Gasteiger partial charge in [0.1, 0.15) is 10.6 Å². The Hall–Kier alpha value is -2.63. The molecule has 116 valence electrons. The predicted octanol–water partition coefficient (Wildman–Crippen LogP) is 4.08. The van der Waals surface area contributed by atoms with Crippen LogP contribution in [-0.2, 0) is 6.54 Å². The Balaban J connectivity index is 1.50. The Labute approximate surface area is 138 Å². The largest absolute Gasteiger partial charge is 0.422 e. The number of rotatable bonds is 6. The Morgan fingerprint density at radius 2 is 1.74 bits per heavy atom. The molecule has 3 rings (SSSR count). The zero-order chi connectivity index (χ0) is 15.9. The summed E-state index contributed by atoms with van der Waals surface area (Å²) < 4.78 is 5.32. The van der Waals surface area contributed by atoms with Crippen molar-refractivity contribution in [2.24, 2.45) is 0 Å². The van der Waals surface area contributed by atoms with E-state index in [1.165, 1.54) is 11.3 Å². The number of anilines is 1. The molecule has 0 fully saturated rings. The van der Waals surface area contributed by atoms with E-state index >= 15 is 0 Å². The summed E-state index contributed by atoms with van der Waals surface area (Å²) in [6, 6.07) is 20.9. The molecule has 1 heterocycles. The van der Waals surface area contributed by atoms with Gasteiger partial charge < -0.3 is 10.2 Å². The highest BCUT2D eigenvalue weighted by Gasteiger charge is 2.09. The molecule has 0 saturated carbocycles. The topological polar surface area (TPSA) is 50.4 Å². The normalized spacial score (nSPS) is 10.3. The van der Waals surface area contributed by atoms with Crippen LogP contribution in [0.3, 0.4) is 0 Å². The highest BCUT2D eigenvalue weighted by atomic mass is 32.1. The van der Waals surface area contributed by atoms with Gasteiger partial charge in [-0.1, -0.05) is 36.4 Å². The lowest BCUT2D eigenvalue weighted by Gasteiger charge is -2.09. The molecule has 4 nitrogen and oxygen atoms in total. The van der Waals surface area contributed by atoms with Crippen molar-refractivity contribution in [2.75, 3.05) is 5.43 Å². The van der Waals surface area contributed by atoms with Gasteiger partial charge >= 0.3 is 5.97 Å². The second-order valence-electron chi connectivity index (χ2n) is 4.86. The summed E-state index contributed by atoms with van der Waals surface area (Å²) in [7, 11) is 0. The Morgan fingerprint density at radius 1 is 0.957 bits per heavy atom. The Morgan fingerprint density at radius 3 is 2.43 bits per heavy atom. The van der Waals surface area contributed by atoms with Gasteiger partial charge in [0.25, 0.3) is 0 Å². The van der Waals surface area contributed by atoms with Crippen LogP contribution in [0.2, 0.25) is 0 Å². The average Bonchev–Trinajstić information content (AvgIpc) is 3.12. The quantitative estimate of drug-likeness (QED) is 0.407. The van der Waals surface area contributed by atoms with Crippen molar-refractivity contribution in [1.82, 2.24) is 5.43 Å². The van der Waals surface area contributed by atoms with Crippen molar-refractivity contribution in [3.05, 3.63) is 82.6 Å². The number of ether oxygens (including phenoxy) is 1. The molecule has 0 aliphatic heterocycles. The number of carbonyl (C=O) groups excluding carboxylic acids is 1. The third kappa shape index (κ3) is 4.42. The maximum Gasteiger partial charge on any atom is 0.353 e. The fourth-order valence-electron chi connectivity index (χ4n) is 2.00. The molecule has 2 N–H and O–H groups in total. The number of esters is 1. The molecule has 2 aromatic carbocycles. The van der Waals surface area contributed by atoms with E-state index in [-0.39, 0.29) is 5.97 Å². The van der Waals surface area contributed by atoms with Crippen molar-refractivity contribution >= 4 is 23.0 Å². The summed E-state index contributed by atoms with van der Waals surface area (Å²) in [6.45, 7) is 0.661. The predicted molar refractivity (Wildman–Crippen MR) is 92.6 cm³/mol. The molecule has 0 radical (unpaired) electrons. The van der Waals surface area contributed by atoms with Crippen LogP contribution in [-0.4, -0.2) is 5.97 Å². The molecule has 0 aliphatic carbocycles. The monoisotopic (exact) mass is 324 g/mol. The molecule has 0 amide bonds. The molecular formula is C18H16N2O2S. The number of carbonyl (C=O) groups is 1. The van der Waals surface area contributed by atoms with Crippen LogP contribution in [0.15, 0.2) is 72.1 Å². The molecule has 1 aromatic heterocycles. The minimum atomic E-state index is -0.323. The van der Waals surface area contributed by atoms with Gasteiger partial charge in [0.05, 0.1) is 0 Å². The smallest absolute Gasteiger partial charge is 0.353 e. The molecule has 0 saturated heterocycles. The van der Waals surface area contributed by atoms with E-state index in [1.807, 2.05) is 53.9 Å². The highest BCUT2D eigenvalue weighted by molar-refractivity contribution is 7.12. The van der Waals surface area contributed by atoms with Crippen LogP contribution >= 0.6 is 11.3 Å². The molecule has 0 bridgehead atoms. The lowest BCUT2D eigenvalue weighted by molar-refractivity contribution is 0.0740. The van der Waals surface area contributed by atoms with Crippen LogP contribution in [0.4, 0.5) is 5.69 Å². The zero-order valence-electron chi connectivity index (χ0n) is 12.4. The minimum Gasteiger partial charge on any atom is -0.422 e. The SMILES string of the molecule is O=C(Oc1ccc(CNNc2ccccc2)cc1)c1cccs1. The first-order valence-corrected chi connectivity index (χ1v) is 8.08. The van der Waals surface area contributed by atoms with Gasteiger partial charge in [-0.3, -0.25) is 0 Å². The van der Waals surface area contributed by atoms with E-state index in [0.29, 0.717) is 17.2 Å². The lowest BCUT2D eigenvalue weighted by atomic mass is 10.2. The number of benzene rings is 2. The van der Waals surface area contributed by atoms with Gasteiger partial charge in [-0.2, -0.15) is 0 Å². The van der Waals surface area contributed by atoms with E-state index < -0.39 is 0 Å². The molecule has 0 unspecified atom stereocenters. The minimum absolute atomic E-state index is 0.323. The lowest BCUT2D eigenvalue weighted by Crippen LogP contribution is -2.20. The number of thiophene rings is 1. The standard InChI is InChI=1S/C18H16N2O2S/c21-18(17-7-4-12-23-17)22-16-10-8-14(9-11-16)13-19-20-15-5-2-1-3-6-15/h1-12,19-20H,13H2. The van der Waals surface area contributed by atoms with Crippen LogP contribution in [0.5, 0.6) is 5.75 Å². The van der Waals surface area contributed by atoms with Crippen LogP contribution in [0.25, 0.3) is 0 Å². The first-order chi connectivity index (χ1) is 11.3. The van der Waals surface area contributed by atoms with Crippen LogP contribution in [0, 0.1) is 0 Å². The van der Waals surface area contributed by atoms with E-state index in [9.17, 15) is 4.79 Å². The molecule has 5 heteroatoms. The summed E-state index contributed by atoms with van der Waals surface area (Å²) in [5.74, 6) is 0.222. The van der Waals surface area contributed by atoms with Crippen molar-refractivity contribution in [3.63, 3.8) is 0 Å². The van der Waals surface area contributed by atoms with Gasteiger partial charge in [-0.15, -0.1) is 11.3 Å². The third-order valence-electron chi connectivity index (χ3n) is 3.16.